The zero-order valence-electron chi connectivity index (χ0n) is 9.49. The average molecular weight is 261 g/mol. The minimum absolute atomic E-state index is 0.0170. The van der Waals surface area contributed by atoms with E-state index in [4.69, 9.17) is 5.11 Å². The number of halogens is 1. The Bertz CT molecular complexity index is 664. The third-order valence-corrected chi connectivity index (χ3v) is 2.77. The first-order valence-electron chi connectivity index (χ1n) is 5.40. The van der Waals surface area contributed by atoms with Gasteiger partial charge in [0.25, 0.3) is 0 Å². The molecule has 1 aliphatic heterocycles. The standard InChI is InChI=1S/C11H8FN5O2/c12-7-3-1-6(2-4-7)9-5-8(10(18)19)13-11-14-15-16-17(9)11/h1-5,9H,(H,18,19)(H,13,14,16)/t9-/m1/s1. The summed E-state index contributed by atoms with van der Waals surface area (Å²) in [7, 11) is 0. The predicted molar refractivity (Wildman–Crippen MR) is 61.7 cm³/mol. The third kappa shape index (κ3) is 1.92. The van der Waals surface area contributed by atoms with Crippen molar-refractivity contribution in [3.8, 4) is 0 Å². The molecule has 0 saturated carbocycles. The number of carboxylic acid groups (broad SMARTS) is 1. The molecule has 0 spiro atoms. The van der Waals surface area contributed by atoms with E-state index in [1.54, 1.807) is 12.1 Å². The zero-order valence-corrected chi connectivity index (χ0v) is 9.49. The largest absolute Gasteiger partial charge is 0.477 e. The van der Waals surface area contributed by atoms with Crippen LogP contribution in [0.4, 0.5) is 10.3 Å². The lowest BCUT2D eigenvalue weighted by molar-refractivity contribution is -0.132. The lowest BCUT2D eigenvalue weighted by Crippen LogP contribution is -2.24. The van der Waals surface area contributed by atoms with Gasteiger partial charge in [-0.05, 0) is 34.2 Å². The fourth-order valence-corrected chi connectivity index (χ4v) is 1.88. The van der Waals surface area contributed by atoms with Gasteiger partial charge < -0.3 is 10.4 Å². The van der Waals surface area contributed by atoms with Crippen molar-refractivity contribution < 1.29 is 14.3 Å². The van der Waals surface area contributed by atoms with Crippen LogP contribution in [0.5, 0.6) is 0 Å². The van der Waals surface area contributed by atoms with E-state index < -0.39 is 12.0 Å². The van der Waals surface area contributed by atoms with Gasteiger partial charge in [-0.2, -0.15) is 4.68 Å². The number of carboxylic acids is 1. The van der Waals surface area contributed by atoms with Crippen LogP contribution < -0.4 is 5.32 Å². The molecule has 0 unspecified atom stereocenters. The second-order valence-electron chi connectivity index (χ2n) is 3.95. The van der Waals surface area contributed by atoms with E-state index in [2.05, 4.69) is 20.8 Å². The molecule has 0 bridgehead atoms. The number of aliphatic carboxylic acids is 1. The molecule has 1 aromatic carbocycles. The summed E-state index contributed by atoms with van der Waals surface area (Å²) in [6.07, 6.45) is 1.47. The number of rotatable bonds is 2. The van der Waals surface area contributed by atoms with Crippen molar-refractivity contribution >= 4 is 11.9 Å². The molecule has 0 fully saturated rings. The van der Waals surface area contributed by atoms with Crippen LogP contribution in [0.3, 0.4) is 0 Å². The molecule has 2 aromatic rings. The Labute approximate surface area is 106 Å². The van der Waals surface area contributed by atoms with E-state index in [1.165, 1.54) is 22.9 Å². The quantitative estimate of drug-likeness (QED) is 0.830. The van der Waals surface area contributed by atoms with Crippen LogP contribution in [0.15, 0.2) is 36.0 Å². The number of tetrazole rings is 1. The van der Waals surface area contributed by atoms with Crippen molar-refractivity contribution in [3.63, 3.8) is 0 Å². The third-order valence-electron chi connectivity index (χ3n) is 2.77. The maximum Gasteiger partial charge on any atom is 0.352 e. The number of allylic oxidation sites excluding steroid dienone is 1. The van der Waals surface area contributed by atoms with Crippen molar-refractivity contribution in [1.29, 1.82) is 0 Å². The molecule has 0 saturated heterocycles. The van der Waals surface area contributed by atoms with Crippen LogP contribution in [0.25, 0.3) is 0 Å². The number of hydrogen-bond donors (Lipinski definition) is 2. The first-order valence-corrected chi connectivity index (χ1v) is 5.40. The van der Waals surface area contributed by atoms with Crippen LogP contribution in [-0.4, -0.2) is 31.3 Å². The minimum Gasteiger partial charge on any atom is -0.477 e. The van der Waals surface area contributed by atoms with Crippen molar-refractivity contribution in [2.75, 3.05) is 5.32 Å². The molecule has 0 amide bonds. The smallest absolute Gasteiger partial charge is 0.352 e. The summed E-state index contributed by atoms with van der Waals surface area (Å²) < 4.78 is 14.4. The Balaban J connectivity index is 2.09. The number of anilines is 1. The van der Waals surface area contributed by atoms with E-state index in [1.807, 2.05) is 0 Å². The summed E-state index contributed by atoms with van der Waals surface area (Å²) in [5, 5.41) is 22.6. The topological polar surface area (TPSA) is 92.9 Å². The number of nitrogens with zero attached hydrogens (tertiary/aromatic N) is 4. The molecule has 19 heavy (non-hydrogen) atoms. The molecule has 7 nitrogen and oxygen atoms in total. The van der Waals surface area contributed by atoms with Crippen molar-refractivity contribution in [2.24, 2.45) is 0 Å². The molecule has 1 aliphatic rings. The summed E-state index contributed by atoms with van der Waals surface area (Å²) in [6, 6.07) is 5.24. The lowest BCUT2D eigenvalue weighted by Gasteiger charge is -2.21. The molecule has 8 heteroatoms. The predicted octanol–water partition coefficient (Wildman–Crippen LogP) is 0.796. The number of aromatic nitrogens is 4. The second kappa shape index (κ2) is 4.16. The van der Waals surface area contributed by atoms with Gasteiger partial charge in [-0.15, -0.1) is 0 Å². The van der Waals surface area contributed by atoms with Crippen LogP contribution >= 0.6 is 0 Å². The van der Waals surface area contributed by atoms with Crippen LogP contribution in [0.1, 0.15) is 11.6 Å². The molecule has 2 heterocycles. The van der Waals surface area contributed by atoms with Gasteiger partial charge in [0.05, 0.1) is 0 Å². The molecular weight excluding hydrogens is 253 g/mol. The Morgan fingerprint density at radius 1 is 1.37 bits per heavy atom. The lowest BCUT2D eigenvalue weighted by atomic mass is 10.0. The SMILES string of the molecule is O=C(O)C1=C[C@H](c2ccc(F)cc2)n2nnnc2N1. The van der Waals surface area contributed by atoms with Gasteiger partial charge in [-0.1, -0.05) is 17.2 Å². The first-order chi connectivity index (χ1) is 9.15. The minimum atomic E-state index is -1.11. The highest BCUT2D eigenvalue weighted by Gasteiger charge is 2.26. The molecule has 0 radical (unpaired) electrons. The van der Waals surface area contributed by atoms with Gasteiger partial charge in [-0.25, -0.2) is 9.18 Å². The van der Waals surface area contributed by atoms with Crippen LogP contribution in [-0.2, 0) is 4.79 Å². The number of benzene rings is 1. The summed E-state index contributed by atoms with van der Waals surface area (Å²) in [6.45, 7) is 0. The van der Waals surface area contributed by atoms with E-state index in [-0.39, 0.29) is 17.5 Å². The molecular formula is C11H8FN5O2. The highest BCUT2D eigenvalue weighted by molar-refractivity contribution is 5.90. The van der Waals surface area contributed by atoms with Gasteiger partial charge in [0, 0.05) is 0 Å². The highest BCUT2D eigenvalue weighted by atomic mass is 19.1. The van der Waals surface area contributed by atoms with Crippen molar-refractivity contribution in [3.05, 3.63) is 47.4 Å². The maximum absolute atomic E-state index is 12.9. The molecule has 3 rings (SSSR count). The zero-order chi connectivity index (χ0) is 13.4. The van der Waals surface area contributed by atoms with E-state index in [0.717, 1.165) is 0 Å². The maximum atomic E-state index is 12.9. The van der Waals surface area contributed by atoms with Crippen LogP contribution in [0, 0.1) is 5.82 Å². The second-order valence-corrected chi connectivity index (χ2v) is 3.95. The number of carbonyl (C=O) groups is 1. The highest BCUT2D eigenvalue weighted by Crippen LogP contribution is 2.27. The Morgan fingerprint density at radius 2 is 2.11 bits per heavy atom. The van der Waals surface area contributed by atoms with E-state index in [9.17, 15) is 9.18 Å². The van der Waals surface area contributed by atoms with Crippen molar-refractivity contribution in [2.45, 2.75) is 6.04 Å². The van der Waals surface area contributed by atoms with Crippen molar-refractivity contribution in [1.82, 2.24) is 20.2 Å². The number of hydrogen-bond acceptors (Lipinski definition) is 5. The van der Waals surface area contributed by atoms with Gasteiger partial charge in [-0.3, -0.25) is 0 Å². The van der Waals surface area contributed by atoms with Gasteiger partial charge >= 0.3 is 5.97 Å². The summed E-state index contributed by atoms with van der Waals surface area (Å²) >= 11 is 0. The monoisotopic (exact) mass is 261 g/mol. The fourth-order valence-electron chi connectivity index (χ4n) is 1.88. The molecule has 1 aromatic heterocycles. The Hall–Kier alpha value is -2.77. The molecule has 2 N–H and O–H groups in total. The van der Waals surface area contributed by atoms with E-state index >= 15 is 0 Å². The van der Waals surface area contributed by atoms with Gasteiger partial charge in [0.2, 0.25) is 5.95 Å². The first kappa shape index (κ1) is 11.3. The summed E-state index contributed by atoms with van der Waals surface area (Å²) in [5.74, 6) is -1.24. The fraction of sp³-hybridized carbons (Fsp3) is 0.0909. The van der Waals surface area contributed by atoms with Crippen LogP contribution in [0.2, 0.25) is 0 Å². The van der Waals surface area contributed by atoms with Gasteiger partial charge in [0.1, 0.15) is 17.6 Å². The number of nitrogens with one attached hydrogen (secondary N) is 1. The van der Waals surface area contributed by atoms with E-state index in [0.29, 0.717) is 5.56 Å². The normalized spacial score (nSPS) is 17.3. The number of fused-ring (bicyclic) bond motifs is 1. The molecule has 1 atom stereocenters. The Morgan fingerprint density at radius 3 is 2.79 bits per heavy atom. The summed E-state index contributed by atoms with van der Waals surface area (Å²) in [5.41, 5.74) is 0.673. The molecule has 0 aliphatic carbocycles. The molecule has 96 valence electrons. The Kier molecular flexibility index (Phi) is 2.48. The van der Waals surface area contributed by atoms with Gasteiger partial charge in [0.15, 0.2) is 0 Å². The average Bonchev–Trinajstić information content (AvgIpc) is 2.86. The summed E-state index contributed by atoms with van der Waals surface area (Å²) in [4.78, 5) is 11.0.